The zero-order chi connectivity index (χ0) is 13.4. The molecule has 19 heavy (non-hydrogen) atoms. The minimum absolute atomic E-state index is 0.298. The van der Waals surface area contributed by atoms with Gasteiger partial charge in [0.15, 0.2) is 5.82 Å². The molecule has 2 aromatic heterocycles. The van der Waals surface area contributed by atoms with Crippen LogP contribution in [0.25, 0.3) is 4.96 Å². The molecule has 0 aliphatic heterocycles. The third-order valence-electron chi connectivity index (χ3n) is 3.69. The second-order valence-corrected chi connectivity index (χ2v) is 6.76. The minimum Gasteiger partial charge on any atom is -0.328 e. The molecule has 2 heterocycles. The van der Waals surface area contributed by atoms with Crippen molar-refractivity contribution in [2.24, 2.45) is 5.73 Å². The Morgan fingerprint density at radius 3 is 2.79 bits per heavy atom. The predicted octanol–water partition coefficient (Wildman–Crippen LogP) is 2.68. The molecular formula is C13H21N5S. The monoisotopic (exact) mass is 279 g/mol. The molecule has 104 valence electrons. The number of nitrogens with two attached hydrogens (primary N) is 1. The number of fused-ring (bicyclic) bond motifs is 1. The van der Waals surface area contributed by atoms with Gasteiger partial charge in [0, 0.05) is 17.9 Å². The van der Waals surface area contributed by atoms with Crippen LogP contribution >= 0.6 is 11.3 Å². The van der Waals surface area contributed by atoms with Crippen LogP contribution in [0.15, 0.2) is 0 Å². The van der Waals surface area contributed by atoms with E-state index in [1.807, 2.05) is 4.52 Å². The molecular weight excluding hydrogens is 258 g/mol. The quantitative estimate of drug-likeness (QED) is 0.882. The Morgan fingerprint density at radius 1 is 1.32 bits per heavy atom. The first kappa shape index (κ1) is 13.0. The molecule has 5 nitrogen and oxygen atoms in total. The highest BCUT2D eigenvalue weighted by Crippen LogP contribution is 2.39. The lowest BCUT2D eigenvalue weighted by atomic mass is 10.0. The van der Waals surface area contributed by atoms with Gasteiger partial charge >= 0.3 is 0 Å². The van der Waals surface area contributed by atoms with E-state index in [1.54, 1.807) is 11.3 Å². The first-order chi connectivity index (χ1) is 9.15. The second-order valence-electron chi connectivity index (χ2n) is 5.78. The third kappa shape index (κ3) is 2.79. The van der Waals surface area contributed by atoms with E-state index in [-0.39, 0.29) is 0 Å². The molecule has 2 aromatic rings. The molecule has 2 N–H and O–H groups in total. The number of hydrogen-bond acceptors (Lipinski definition) is 5. The fourth-order valence-electron chi connectivity index (χ4n) is 2.31. The molecule has 1 aliphatic carbocycles. The smallest absolute Gasteiger partial charge is 0.234 e. The molecule has 0 radical (unpaired) electrons. The van der Waals surface area contributed by atoms with Gasteiger partial charge in [-0.15, -0.1) is 10.2 Å². The van der Waals surface area contributed by atoms with E-state index in [0.29, 0.717) is 17.9 Å². The fraction of sp³-hybridized carbons (Fsp3) is 0.769. The zero-order valence-electron chi connectivity index (χ0n) is 11.5. The molecule has 0 aromatic carbocycles. The van der Waals surface area contributed by atoms with Crippen LogP contribution in [0, 0.1) is 0 Å². The molecule has 0 spiro atoms. The Balaban J connectivity index is 1.70. The van der Waals surface area contributed by atoms with Crippen LogP contribution < -0.4 is 5.73 Å². The summed E-state index contributed by atoms with van der Waals surface area (Å²) in [7, 11) is 0. The standard InChI is InChI=1S/C13H21N5S/c1-8(4-3-5-9(2)14)12-17-18-11(10-6-7-10)15-16-13(18)19-12/h8-10H,3-7,14H2,1-2H3. The van der Waals surface area contributed by atoms with Crippen molar-refractivity contribution in [3.63, 3.8) is 0 Å². The van der Waals surface area contributed by atoms with Crippen molar-refractivity contribution in [3.05, 3.63) is 10.8 Å². The number of hydrogen-bond donors (Lipinski definition) is 1. The largest absolute Gasteiger partial charge is 0.328 e. The molecule has 1 aliphatic rings. The van der Waals surface area contributed by atoms with Crippen molar-refractivity contribution in [3.8, 4) is 0 Å². The number of aromatic nitrogens is 4. The highest BCUT2D eigenvalue weighted by Gasteiger charge is 2.30. The summed E-state index contributed by atoms with van der Waals surface area (Å²) in [4.78, 5) is 0.941. The molecule has 0 amide bonds. The molecule has 3 rings (SSSR count). The summed E-state index contributed by atoms with van der Waals surface area (Å²) in [5.74, 6) is 2.14. The Morgan fingerprint density at radius 2 is 2.11 bits per heavy atom. The van der Waals surface area contributed by atoms with Gasteiger partial charge in [-0.3, -0.25) is 0 Å². The van der Waals surface area contributed by atoms with Crippen LogP contribution in [0.2, 0.25) is 0 Å². The maximum Gasteiger partial charge on any atom is 0.234 e. The zero-order valence-corrected chi connectivity index (χ0v) is 12.4. The van der Waals surface area contributed by atoms with Crippen LogP contribution in [-0.4, -0.2) is 25.9 Å². The van der Waals surface area contributed by atoms with Crippen molar-refractivity contribution in [1.29, 1.82) is 0 Å². The van der Waals surface area contributed by atoms with E-state index >= 15 is 0 Å². The SMILES string of the molecule is CC(N)CCCC(C)c1nn2c(C3CC3)nnc2s1. The van der Waals surface area contributed by atoms with E-state index < -0.39 is 0 Å². The minimum atomic E-state index is 0.298. The average Bonchev–Trinajstić information content (AvgIpc) is 2.98. The number of rotatable bonds is 6. The van der Waals surface area contributed by atoms with Gasteiger partial charge in [0.2, 0.25) is 4.96 Å². The molecule has 1 fully saturated rings. The van der Waals surface area contributed by atoms with Gasteiger partial charge in [-0.1, -0.05) is 24.7 Å². The topological polar surface area (TPSA) is 69.1 Å². The van der Waals surface area contributed by atoms with Gasteiger partial charge in [-0.25, -0.2) is 0 Å². The summed E-state index contributed by atoms with van der Waals surface area (Å²) < 4.78 is 1.96. The Hall–Kier alpha value is -1.01. The fourth-order valence-corrected chi connectivity index (χ4v) is 3.24. The third-order valence-corrected chi connectivity index (χ3v) is 4.82. The average molecular weight is 279 g/mol. The van der Waals surface area contributed by atoms with Crippen molar-refractivity contribution < 1.29 is 0 Å². The normalized spacial score (nSPS) is 18.9. The first-order valence-corrected chi connectivity index (χ1v) is 7.94. The van der Waals surface area contributed by atoms with Gasteiger partial charge in [-0.05, 0) is 32.6 Å². The highest BCUT2D eigenvalue weighted by molar-refractivity contribution is 7.16. The van der Waals surface area contributed by atoms with Crippen LogP contribution in [0.1, 0.15) is 68.6 Å². The van der Waals surface area contributed by atoms with Gasteiger partial charge in [-0.2, -0.15) is 9.61 Å². The Kier molecular flexibility index (Phi) is 3.54. The summed E-state index contributed by atoms with van der Waals surface area (Å²) in [6.07, 6.45) is 5.86. The van der Waals surface area contributed by atoms with Crippen LogP contribution in [-0.2, 0) is 0 Å². The summed E-state index contributed by atoms with van der Waals surface area (Å²) in [6.45, 7) is 4.30. The van der Waals surface area contributed by atoms with Crippen molar-refractivity contribution in [2.45, 2.75) is 63.8 Å². The van der Waals surface area contributed by atoms with Crippen LogP contribution in [0.4, 0.5) is 0 Å². The van der Waals surface area contributed by atoms with Gasteiger partial charge < -0.3 is 5.73 Å². The van der Waals surface area contributed by atoms with E-state index in [2.05, 4.69) is 24.0 Å². The molecule has 0 bridgehead atoms. The molecule has 2 atom stereocenters. The number of nitrogens with zero attached hydrogens (tertiary/aromatic N) is 4. The molecule has 1 saturated carbocycles. The molecule has 2 unspecified atom stereocenters. The second kappa shape index (κ2) is 5.17. The van der Waals surface area contributed by atoms with E-state index in [9.17, 15) is 0 Å². The van der Waals surface area contributed by atoms with Crippen LogP contribution in [0.5, 0.6) is 0 Å². The lowest BCUT2D eigenvalue weighted by Gasteiger charge is -2.08. The summed E-state index contributed by atoms with van der Waals surface area (Å²) in [5, 5.41) is 14.4. The van der Waals surface area contributed by atoms with Gasteiger partial charge in [0.1, 0.15) is 5.01 Å². The lowest BCUT2D eigenvalue weighted by Crippen LogP contribution is -2.14. The van der Waals surface area contributed by atoms with Gasteiger partial charge in [0.25, 0.3) is 0 Å². The van der Waals surface area contributed by atoms with Gasteiger partial charge in [0.05, 0.1) is 0 Å². The lowest BCUT2D eigenvalue weighted by molar-refractivity contribution is 0.552. The molecule has 6 heteroatoms. The van der Waals surface area contributed by atoms with Crippen molar-refractivity contribution in [2.75, 3.05) is 0 Å². The van der Waals surface area contributed by atoms with E-state index in [0.717, 1.165) is 30.0 Å². The summed E-state index contributed by atoms with van der Waals surface area (Å²) in [5.41, 5.74) is 5.79. The predicted molar refractivity (Wildman–Crippen MR) is 76.5 cm³/mol. The highest BCUT2D eigenvalue weighted by atomic mass is 32.1. The first-order valence-electron chi connectivity index (χ1n) is 7.12. The Bertz CT molecular complexity index is 554. The summed E-state index contributed by atoms with van der Waals surface area (Å²) in [6, 6.07) is 0.298. The maximum atomic E-state index is 5.79. The van der Waals surface area contributed by atoms with E-state index in [4.69, 9.17) is 10.8 Å². The van der Waals surface area contributed by atoms with Crippen LogP contribution in [0.3, 0.4) is 0 Å². The maximum absolute atomic E-state index is 5.79. The summed E-state index contributed by atoms with van der Waals surface area (Å²) >= 11 is 1.68. The van der Waals surface area contributed by atoms with Crippen molar-refractivity contribution in [1.82, 2.24) is 19.8 Å². The Labute approximate surface area is 117 Å². The van der Waals surface area contributed by atoms with Crippen molar-refractivity contribution >= 4 is 16.3 Å². The van der Waals surface area contributed by atoms with E-state index in [1.165, 1.54) is 17.8 Å². The molecule has 0 saturated heterocycles.